The van der Waals surface area contributed by atoms with E-state index in [0.717, 1.165) is 12.1 Å². The SMILES string of the molecule is COc1ccc(C(=O)N[C@@]2(C(F)(F)F)NC(=O)N(c3ccccc3F)C2=O)cc1. The van der Waals surface area contributed by atoms with Gasteiger partial charge in [-0.15, -0.1) is 0 Å². The highest BCUT2D eigenvalue weighted by Crippen LogP contribution is 2.36. The minimum absolute atomic E-state index is 0.00285. The monoisotopic (exact) mass is 411 g/mol. The van der Waals surface area contributed by atoms with E-state index in [1.165, 1.54) is 54.1 Å². The molecule has 1 aliphatic heterocycles. The van der Waals surface area contributed by atoms with Crippen LogP contribution in [-0.4, -0.2) is 36.8 Å². The molecular weight excluding hydrogens is 398 g/mol. The van der Waals surface area contributed by atoms with E-state index in [1.54, 1.807) is 0 Å². The van der Waals surface area contributed by atoms with Crippen molar-refractivity contribution in [2.24, 2.45) is 0 Å². The first kappa shape index (κ1) is 20.1. The number of carbonyl (C=O) groups excluding carboxylic acids is 3. The maximum absolute atomic E-state index is 14.0. The summed E-state index contributed by atoms with van der Waals surface area (Å²) < 4.78 is 60.4. The molecule has 0 spiro atoms. The van der Waals surface area contributed by atoms with Gasteiger partial charge < -0.3 is 10.1 Å². The van der Waals surface area contributed by atoms with Gasteiger partial charge in [-0.05, 0) is 36.4 Å². The average molecular weight is 411 g/mol. The van der Waals surface area contributed by atoms with Crippen molar-refractivity contribution in [1.82, 2.24) is 10.6 Å². The fraction of sp³-hybridized carbons (Fsp3) is 0.167. The van der Waals surface area contributed by atoms with E-state index in [4.69, 9.17) is 4.74 Å². The van der Waals surface area contributed by atoms with Crippen molar-refractivity contribution in [2.75, 3.05) is 12.0 Å². The zero-order valence-corrected chi connectivity index (χ0v) is 14.7. The van der Waals surface area contributed by atoms with Crippen LogP contribution in [0.4, 0.5) is 28.0 Å². The van der Waals surface area contributed by atoms with Gasteiger partial charge in [-0.3, -0.25) is 14.9 Å². The van der Waals surface area contributed by atoms with Crippen LogP contribution in [0.1, 0.15) is 10.4 Å². The van der Waals surface area contributed by atoms with Gasteiger partial charge in [-0.25, -0.2) is 14.1 Å². The number of hydrogen-bond acceptors (Lipinski definition) is 4. The van der Waals surface area contributed by atoms with Crippen molar-refractivity contribution >= 4 is 23.5 Å². The van der Waals surface area contributed by atoms with E-state index in [0.29, 0.717) is 5.75 Å². The topological polar surface area (TPSA) is 87.7 Å². The first-order chi connectivity index (χ1) is 13.6. The highest BCUT2D eigenvalue weighted by molar-refractivity contribution is 6.24. The number of imide groups is 1. The number of benzene rings is 2. The zero-order valence-electron chi connectivity index (χ0n) is 14.7. The molecule has 1 saturated heterocycles. The molecule has 1 atom stereocenters. The molecule has 1 fully saturated rings. The molecule has 11 heteroatoms. The third-order valence-electron chi connectivity index (χ3n) is 4.19. The molecule has 7 nitrogen and oxygen atoms in total. The van der Waals surface area contributed by atoms with Crippen LogP contribution in [0.25, 0.3) is 0 Å². The number of nitrogens with one attached hydrogen (secondary N) is 2. The summed E-state index contributed by atoms with van der Waals surface area (Å²) in [6.45, 7) is 0. The molecule has 2 aromatic carbocycles. The van der Waals surface area contributed by atoms with Crippen LogP contribution in [0.5, 0.6) is 5.75 Å². The maximum Gasteiger partial charge on any atom is 0.440 e. The molecule has 0 saturated carbocycles. The Morgan fingerprint density at radius 3 is 2.28 bits per heavy atom. The van der Waals surface area contributed by atoms with Crippen LogP contribution < -0.4 is 20.3 Å². The molecular formula is C18H13F4N3O4. The lowest BCUT2D eigenvalue weighted by atomic mass is 10.1. The minimum Gasteiger partial charge on any atom is -0.497 e. The Kier molecular flexibility index (Phi) is 4.91. The number of rotatable bonds is 4. The van der Waals surface area contributed by atoms with Crippen molar-refractivity contribution in [3.05, 3.63) is 59.9 Å². The molecule has 0 unspecified atom stereocenters. The Labute approximate surface area is 161 Å². The molecule has 0 aromatic heterocycles. The van der Waals surface area contributed by atoms with Crippen LogP contribution in [0, 0.1) is 5.82 Å². The standard InChI is InChI=1S/C18H13F4N3O4/c1-29-11-8-6-10(7-9-11)14(26)23-17(18(20,21)22)15(27)25(16(28)24-17)13-5-3-2-4-12(13)19/h2-9H,1H3,(H,23,26)(H,24,28)/t17-/m1/s1. The normalized spacial score (nSPS) is 19.1. The molecule has 1 heterocycles. The Balaban J connectivity index is 1.99. The predicted octanol–water partition coefficient (Wildman–Crippen LogP) is 2.58. The van der Waals surface area contributed by atoms with Crippen LogP contribution in [0.2, 0.25) is 0 Å². The molecule has 0 aliphatic carbocycles. The number of nitrogens with zero attached hydrogens (tertiary/aromatic N) is 1. The highest BCUT2D eigenvalue weighted by Gasteiger charge is 2.69. The number of hydrogen-bond donors (Lipinski definition) is 2. The third kappa shape index (κ3) is 3.35. The van der Waals surface area contributed by atoms with Crippen molar-refractivity contribution in [1.29, 1.82) is 0 Å². The minimum atomic E-state index is -5.41. The fourth-order valence-corrected chi connectivity index (χ4v) is 2.71. The number of carbonyl (C=O) groups is 3. The zero-order chi connectivity index (χ0) is 21.4. The largest absolute Gasteiger partial charge is 0.497 e. The second kappa shape index (κ2) is 7.08. The van der Waals surface area contributed by atoms with Crippen LogP contribution >= 0.6 is 0 Å². The third-order valence-corrected chi connectivity index (χ3v) is 4.19. The lowest BCUT2D eigenvalue weighted by molar-refractivity contribution is -0.197. The molecule has 0 bridgehead atoms. The first-order valence-corrected chi connectivity index (χ1v) is 8.05. The summed E-state index contributed by atoms with van der Waals surface area (Å²) in [5.74, 6) is -3.91. The number of methoxy groups -OCH3 is 1. The number of para-hydroxylation sites is 1. The summed E-state index contributed by atoms with van der Waals surface area (Å²) in [7, 11) is 1.36. The lowest BCUT2D eigenvalue weighted by Gasteiger charge is -2.29. The van der Waals surface area contributed by atoms with Crippen molar-refractivity contribution in [3.63, 3.8) is 0 Å². The lowest BCUT2D eigenvalue weighted by Crippen LogP contribution is -2.69. The van der Waals surface area contributed by atoms with Crippen LogP contribution in [0.3, 0.4) is 0 Å². The summed E-state index contributed by atoms with van der Waals surface area (Å²) in [6.07, 6.45) is -5.41. The second-order valence-electron chi connectivity index (χ2n) is 5.95. The van der Waals surface area contributed by atoms with Gasteiger partial charge in [0.25, 0.3) is 17.5 Å². The maximum atomic E-state index is 14.0. The second-order valence-corrected chi connectivity index (χ2v) is 5.95. The summed E-state index contributed by atoms with van der Waals surface area (Å²) >= 11 is 0. The molecule has 29 heavy (non-hydrogen) atoms. The summed E-state index contributed by atoms with van der Waals surface area (Å²) in [5.41, 5.74) is -4.66. The number of halogens is 4. The molecule has 3 rings (SSSR count). The first-order valence-electron chi connectivity index (χ1n) is 8.05. The van der Waals surface area contributed by atoms with Gasteiger partial charge >= 0.3 is 12.2 Å². The van der Waals surface area contributed by atoms with Gasteiger partial charge in [-0.2, -0.15) is 13.2 Å². The van der Waals surface area contributed by atoms with E-state index < -0.39 is 41.2 Å². The number of amides is 4. The van der Waals surface area contributed by atoms with Gasteiger partial charge in [0, 0.05) is 5.56 Å². The summed E-state index contributed by atoms with van der Waals surface area (Å²) in [4.78, 5) is 37.1. The Bertz CT molecular complexity index is 978. The van der Waals surface area contributed by atoms with Crippen LogP contribution in [0.15, 0.2) is 48.5 Å². The number of urea groups is 1. The molecule has 152 valence electrons. The van der Waals surface area contributed by atoms with E-state index in [1.807, 2.05) is 0 Å². The van der Waals surface area contributed by atoms with Gasteiger partial charge in [0.05, 0.1) is 12.8 Å². The molecule has 2 N–H and O–H groups in total. The molecule has 2 aromatic rings. The Morgan fingerprint density at radius 2 is 1.72 bits per heavy atom. The van der Waals surface area contributed by atoms with Crippen molar-refractivity contribution in [3.8, 4) is 5.75 Å². The Hall–Kier alpha value is -3.63. The van der Waals surface area contributed by atoms with Gasteiger partial charge in [0.2, 0.25) is 0 Å². The summed E-state index contributed by atoms with van der Waals surface area (Å²) in [5, 5.41) is 2.98. The number of ether oxygens (including phenoxy) is 1. The summed E-state index contributed by atoms with van der Waals surface area (Å²) in [6, 6.07) is 7.78. The number of anilines is 1. The molecule has 0 radical (unpaired) electrons. The predicted molar refractivity (Wildman–Crippen MR) is 91.7 cm³/mol. The van der Waals surface area contributed by atoms with E-state index in [2.05, 4.69) is 0 Å². The van der Waals surface area contributed by atoms with Crippen molar-refractivity contribution < 1.29 is 36.7 Å². The van der Waals surface area contributed by atoms with Gasteiger partial charge in [0.1, 0.15) is 11.6 Å². The molecule has 4 amide bonds. The van der Waals surface area contributed by atoms with Gasteiger partial charge in [0.15, 0.2) is 0 Å². The highest BCUT2D eigenvalue weighted by atomic mass is 19.4. The average Bonchev–Trinajstić information content (AvgIpc) is 2.93. The van der Waals surface area contributed by atoms with Gasteiger partial charge in [-0.1, -0.05) is 12.1 Å². The quantitative estimate of drug-likeness (QED) is 0.598. The number of alkyl halides is 3. The Morgan fingerprint density at radius 1 is 1.10 bits per heavy atom. The van der Waals surface area contributed by atoms with E-state index in [9.17, 15) is 31.9 Å². The fourth-order valence-electron chi connectivity index (χ4n) is 2.71. The smallest absolute Gasteiger partial charge is 0.440 e. The van der Waals surface area contributed by atoms with Crippen molar-refractivity contribution in [2.45, 2.75) is 11.8 Å². The molecule has 1 aliphatic rings. The van der Waals surface area contributed by atoms with E-state index >= 15 is 0 Å². The van der Waals surface area contributed by atoms with Crippen LogP contribution in [-0.2, 0) is 4.79 Å². The van der Waals surface area contributed by atoms with E-state index in [-0.39, 0.29) is 10.5 Å².